The molecule has 0 amide bonds. The minimum Gasteiger partial charge on any atom is -0.497 e. The van der Waals surface area contributed by atoms with Crippen LogP contribution in [0.1, 0.15) is 19.8 Å². The maximum absolute atomic E-state index is 11.2. The van der Waals surface area contributed by atoms with Crippen molar-refractivity contribution in [2.75, 3.05) is 7.11 Å². The van der Waals surface area contributed by atoms with E-state index in [0.29, 0.717) is 22.9 Å². The second-order valence-electron chi connectivity index (χ2n) is 3.02. The van der Waals surface area contributed by atoms with Gasteiger partial charge in [0.2, 0.25) is 0 Å². The Morgan fingerprint density at radius 3 is 2.73 bits per heavy atom. The van der Waals surface area contributed by atoms with Crippen molar-refractivity contribution in [3.8, 4) is 11.5 Å². The van der Waals surface area contributed by atoms with Gasteiger partial charge in [0.1, 0.15) is 11.5 Å². The van der Waals surface area contributed by atoms with E-state index < -0.39 is 0 Å². The molecule has 0 aliphatic rings. The Labute approximate surface area is 93.9 Å². The van der Waals surface area contributed by atoms with Crippen molar-refractivity contribution in [2.24, 2.45) is 0 Å². The highest BCUT2D eigenvalue weighted by atomic mass is 35.5. The fourth-order valence-electron chi connectivity index (χ4n) is 1.07. The third kappa shape index (κ3) is 3.44. The van der Waals surface area contributed by atoms with Gasteiger partial charge in [-0.25, -0.2) is 0 Å². The number of hydrogen-bond acceptors (Lipinski definition) is 3. The number of carbonyl (C=O) groups excluding carboxylic acids is 1. The average molecular weight is 229 g/mol. The molecule has 0 aliphatic heterocycles. The predicted octanol–water partition coefficient (Wildman–Crippen LogP) is 3.05. The van der Waals surface area contributed by atoms with Crippen molar-refractivity contribution < 1.29 is 14.3 Å². The van der Waals surface area contributed by atoms with Crippen LogP contribution in [0, 0.1) is 0 Å². The van der Waals surface area contributed by atoms with E-state index in [1.807, 2.05) is 6.92 Å². The maximum Gasteiger partial charge on any atom is 0.311 e. The molecule has 1 aromatic rings. The van der Waals surface area contributed by atoms with Gasteiger partial charge in [-0.3, -0.25) is 4.79 Å². The van der Waals surface area contributed by atoms with Crippen LogP contribution >= 0.6 is 11.6 Å². The number of hydrogen-bond donors (Lipinski definition) is 0. The van der Waals surface area contributed by atoms with Crippen molar-refractivity contribution in [1.29, 1.82) is 0 Å². The Bertz CT molecular complexity index is 350. The lowest BCUT2D eigenvalue weighted by molar-refractivity contribution is -0.134. The molecule has 0 bridgehead atoms. The van der Waals surface area contributed by atoms with E-state index in [2.05, 4.69) is 0 Å². The molecule has 0 unspecified atom stereocenters. The highest BCUT2D eigenvalue weighted by Gasteiger charge is 2.08. The van der Waals surface area contributed by atoms with Gasteiger partial charge in [-0.1, -0.05) is 18.5 Å². The van der Waals surface area contributed by atoms with Crippen molar-refractivity contribution in [1.82, 2.24) is 0 Å². The van der Waals surface area contributed by atoms with E-state index in [9.17, 15) is 4.79 Å². The second-order valence-corrected chi connectivity index (χ2v) is 3.43. The predicted molar refractivity (Wildman–Crippen MR) is 58.5 cm³/mol. The van der Waals surface area contributed by atoms with E-state index in [4.69, 9.17) is 21.1 Å². The van der Waals surface area contributed by atoms with Crippen LogP contribution in [0.25, 0.3) is 0 Å². The fraction of sp³-hybridized carbons (Fsp3) is 0.364. The molecule has 0 spiro atoms. The summed E-state index contributed by atoms with van der Waals surface area (Å²) in [5.41, 5.74) is 0. The molecule has 82 valence electrons. The Morgan fingerprint density at radius 1 is 1.47 bits per heavy atom. The second kappa shape index (κ2) is 5.61. The van der Waals surface area contributed by atoms with Crippen LogP contribution in [0.4, 0.5) is 0 Å². The third-order valence-electron chi connectivity index (χ3n) is 1.82. The minimum absolute atomic E-state index is 0.274. The van der Waals surface area contributed by atoms with Crippen LogP contribution < -0.4 is 9.47 Å². The number of esters is 1. The van der Waals surface area contributed by atoms with Crippen LogP contribution in [0.3, 0.4) is 0 Å². The molecule has 0 saturated heterocycles. The molecule has 3 nitrogen and oxygen atoms in total. The normalized spacial score (nSPS) is 9.80. The van der Waals surface area contributed by atoms with Gasteiger partial charge in [0.15, 0.2) is 0 Å². The monoisotopic (exact) mass is 228 g/mol. The lowest BCUT2D eigenvalue weighted by Gasteiger charge is -2.06. The molecule has 1 rings (SSSR count). The molecule has 4 heteroatoms. The van der Waals surface area contributed by atoms with Crippen LogP contribution in [-0.4, -0.2) is 13.1 Å². The lowest BCUT2D eigenvalue weighted by atomic mass is 10.3. The lowest BCUT2D eigenvalue weighted by Crippen LogP contribution is -2.07. The van der Waals surface area contributed by atoms with Gasteiger partial charge >= 0.3 is 5.97 Å². The summed E-state index contributed by atoms with van der Waals surface area (Å²) in [6, 6.07) is 4.92. The van der Waals surface area contributed by atoms with Gasteiger partial charge in [0.25, 0.3) is 0 Å². The summed E-state index contributed by atoms with van der Waals surface area (Å²) in [6.07, 6.45) is 1.15. The molecule has 15 heavy (non-hydrogen) atoms. The smallest absolute Gasteiger partial charge is 0.311 e. The zero-order valence-corrected chi connectivity index (χ0v) is 9.50. The molecule has 0 N–H and O–H groups in total. The molecule has 0 fully saturated rings. The molecular weight excluding hydrogens is 216 g/mol. The zero-order valence-electron chi connectivity index (χ0n) is 8.75. The Hall–Kier alpha value is -1.22. The number of rotatable bonds is 4. The topological polar surface area (TPSA) is 35.5 Å². The van der Waals surface area contributed by atoms with Gasteiger partial charge in [-0.2, -0.15) is 0 Å². The summed E-state index contributed by atoms with van der Waals surface area (Å²) in [5, 5.41) is 0.374. The molecule has 1 aromatic carbocycles. The summed E-state index contributed by atoms with van der Waals surface area (Å²) in [5.74, 6) is 0.732. The standard InChI is InChI=1S/C11H13ClO3/c1-3-4-11(13)15-10-6-5-8(14-2)7-9(10)12/h5-7H,3-4H2,1-2H3. The van der Waals surface area contributed by atoms with Crippen LogP contribution in [0.5, 0.6) is 11.5 Å². The van der Waals surface area contributed by atoms with Crippen LogP contribution in [0.2, 0.25) is 5.02 Å². The van der Waals surface area contributed by atoms with Crippen molar-refractivity contribution in [3.05, 3.63) is 23.2 Å². The van der Waals surface area contributed by atoms with Crippen molar-refractivity contribution in [3.63, 3.8) is 0 Å². The first kappa shape index (κ1) is 11.9. The summed E-state index contributed by atoms with van der Waals surface area (Å²) in [7, 11) is 1.55. The molecule has 0 heterocycles. The first-order valence-corrected chi connectivity index (χ1v) is 5.09. The van der Waals surface area contributed by atoms with Gasteiger partial charge < -0.3 is 9.47 Å². The third-order valence-corrected chi connectivity index (χ3v) is 2.11. The number of halogens is 1. The number of benzene rings is 1. The summed E-state index contributed by atoms with van der Waals surface area (Å²) in [6.45, 7) is 1.91. The Balaban J connectivity index is 2.73. The minimum atomic E-state index is -0.274. The molecular formula is C11H13ClO3. The van der Waals surface area contributed by atoms with E-state index >= 15 is 0 Å². The number of methoxy groups -OCH3 is 1. The quantitative estimate of drug-likeness (QED) is 0.587. The molecule has 0 atom stereocenters. The SMILES string of the molecule is CCCC(=O)Oc1ccc(OC)cc1Cl. The van der Waals surface area contributed by atoms with E-state index in [1.165, 1.54) is 0 Å². The van der Waals surface area contributed by atoms with Gasteiger partial charge in [-0.15, -0.1) is 0 Å². The van der Waals surface area contributed by atoms with Crippen LogP contribution in [0.15, 0.2) is 18.2 Å². The van der Waals surface area contributed by atoms with E-state index in [1.54, 1.807) is 25.3 Å². The Kier molecular flexibility index (Phi) is 4.43. The summed E-state index contributed by atoms with van der Waals surface area (Å²) >= 11 is 5.90. The van der Waals surface area contributed by atoms with Crippen molar-refractivity contribution in [2.45, 2.75) is 19.8 Å². The molecule has 0 radical (unpaired) electrons. The maximum atomic E-state index is 11.2. The number of ether oxygens (including phenoxy) is 2. The molecule has 0 aromatic heterocycles. The first-order chi connectivity index (χ1) is 7.17. The van der Waals surface area contributed by atoms with Crippen molar-refractivity contribution >= 4 is 17.6 Å². The van der Waals surface area contributed by atoms with Gasteiger partial charge in [0, 0.05) is 12.5 Å². The molecule has 0 aliphatic carbocycles. The van der Waals surface area contributed by atoms with Gasteiger partial charge in [0.05, 0.1) is 12.1 Å². The molecule has 0 saturated carbocycles. The highest BCUT2D eigenvalue weighted by Crippen LogP contribution is 2.28. The highest BCUT2D eigenvalue weighted by molar-refractivity contribution is 6.32. The largest absolute Gasteiger partial charge is 0.497 e. The van der Waals surface area contributed by atoms with Crippen LogP contribution in [-0.2, 0) is 4.79 Å². The average Bonchev–Trinajstić information content (AvgIpc) is 2.21. The van der Waals surface area contributed by atoms with E-state index in [0.717, 1.165) is 6.42 Å². The van der Waals surface area contributed by atoms with Gasteiger partial charge in [-0.05, 0) is 18.6 Å². The van der Waals surface area contributed by atoms with E-state index in [-0.39, 0.29) is 5.97 Å². The Morgan fingerprint density at radius 2 is 2.20 bits per heavy atom. The summed E-state index contributed by atoms with van der Waals surface area (Å²) < 4.78 is 10.0. The summed E-state index contributed by atoms with van der Waals surface area (Å²) in [4.78, 5) is 11.2. The first-order valence-electron chi connectivity index (χ1n) is 4.71. The fourth-order valence-corrected chi connectivity index (χ4v) is 1.28. The zero-order chi connectivity index (χ0) is 11.3. The number of carbonyl (C=O) groups is 1.